The quantitative estimate of drug-likeness (QED) is 0.733. The van der Waals surface area contributed by atoms with Crippen LogP contribution in [0.3, 0.4) is 0 Å². The van der Waals surface area contributed by atoms with Crippen molar-refractivity contribution < 1.29 is 14.3 Å². The molecule has 5 heteroatoms. The molecule has 2 aromatic rings. The monoisotopic (exact) mass is 382 g/mol. The summed E-state index contributed by atoms with van der Waals surface area (Å²) in [5.41, 5.74) is 5.24. The van der Waals surface area contributed by atoms with Crippen molar-refractivity contribution in [2.45, 2.75) is 40.0 Å². The van der Waals surface area contributed by atoms with Crippen molar-refractivity contribution in [2.24, 2.45) is 11.8 Å². The Kier molecular flexibility index (Phi) is 6.68. The average molecular weight is 383 g/mol. The zero-order chi connectivity index (χ0) is 20.1. The molecule has 150 valence electrons. The van der Waals surface area contributed by atoms with Crippen LogP contribution in [-0.4, -0.2) is 31.2 Å². The lowest BCUT2D eigenvalue weighted by Crippen LogP contribution is -2.31. The number of carbonyl (C=O) groups is 1. The molecule has 0 aliphatic heterocycles. The van der Waals surface area contributed by atoms with E-state index in [0.717, 1.165) is 25.0 Å². The molecule has 0 saturated carbocycles. The number of rotatable bonds is 7. The molecule has 1 heterocycles. The van der Waals surface area contributed by atoms with Crippen LogP contribution >= 0.6 is 0 Å². The maximum Gasteiger partial charge on any atom is 0.228 e. The first-order valence-corrected chi connectivity index (χ1v) is 9.96. The summed E-state index contributed by atoms with van der Waals surface area (Å²) in [4.78, 5) is 16.9. The summed E-state index contributed by atoms with van der Waals surface area (Å²) < 4.78 is 11.0. The largest absolute Gasteiger partial charge is 0.491 e. The van der Waals surface area contributed by atoms with Crippen LogP contribution in [0.2, 0.25) is 0 Å². The molecule has 1 N–H and O–H groups in total. The zero-order valence-corrected chi connectivity index (χ0v) is 17.2. The summed E-state index contributed by atoms with van der Waals surface area (Å²) in [5, 5.41) is 2.95. The molecule has 1 aromatic carbocycles. The van der Waals surface area contributed by atoms with Crippen molar-refractivity contribution in [3.8, 4) is 5.75 Å². The number of pyridine rings is 1. The zero-order valence-electron chi connectivity index (χ0n) is 17.2. The Morgan fingerprint density at radius 1 is 1.29 bits per heavy atom. The number of carbonyl (C=O) groups excluding carboxylic acids is 1. The molecular formula is C23H30N2O3. The third-order valence-electron chi connectivity index (χ3n) is 5.82. The lowest BCUT2D eigenvalue weighted by Gasteiger charge is -2.31. The van der Waals surface area contributed by atoms with Gasteiger partial charge in [0.05, 0.1) is 6.61 Å². The molecule has 0 spiro atoms. The molecule has 1 aromatic heterocycles. The summed E-state index contributed by atoms with van der Waals surface area (Å²) in [6.07, 6.45) is 4.62. The van der Waals surface area contributed by atoms with Crippen LogP contribution in [0.5, 0.6) is 5.75 Å². The standard InChI is InChI=1S/C23H30N2O3/c1-15-13-21(28-12-11-27-4)17(3)20-14-18(8-9-19(15)20)16(2)23(26)25-22-7-5-6-10-24-22/h5-7,10,13,16,18H,8-9,11-12,14H2,1-4H3,(H,24,25,26)/t16-,18+/m0/s1. The number of amides is 1. The minimum atomic E-state index is -0.0760. The van der Waals surface area contributed by atoms with Gasteiger partial charge in [0.15, 0.2) is 0 Å². The fourth-order valence-electron chi connectivity index (χ4n) is 4.03. The Hall–Kier alpha value is -2.40. The molecule has 5 nitrogen and oxygen atoms in total. The second-order valence-electron chi connectivity index (χ2n) is 7.61. The number of hydrogen-bond acceptors (Lipinski definition) is 4. The van der Waals surface area contributed by atoms with Gasteiger partial charge in [0.1, 0.15) is 18.2 Å². The van der Waals surface area contributed by atoms with E-state index in [1.54, 1.807) is 13.3 Å². The lowest BCUT2D eigenvalue weighted by atomic mass is 9.74. The molecular weight excluding hydrogens is 352 g/mol. The van der Waals surface area contributed by atoms with Crippen molar-refractivity contribution >= 4 is 11.7 Å². The average Bonchev–Trinajstić information content (AvgIpc) is 2.71. The fourth-order valence-corrected chi connectivity index (χ4v) is 4.03. The highest BCUT2D eigenvalue weighted by molar-refractivity contribution is 5.91. The van der Waals surface area contributed by atoms with Crippen LogP contribution in [0.4, 0.5) is 5.82 Å². The first kappa shape index (κ1) is 20.3. The Labute approximate surface area is 167 Å². The number of fused-ring (bicyclic) bond motifs is 1. The molecule has 1 aliphatic rings. The fraction of sp³-hybridized carbons (Fsp3) is 0.478. The molecule has 1 aliphatic carbocycles. The van der Waals surface area contributed by atoms with Crippen molar-refractivity contribution in [1.29, 1.82) is 0 Å². The second kappa shape index (κ2) is 9.20. The predicted molar refractivity (Wildman–Crippen MR) is 111 cm³/mol. The van der Waals surface area contributed by atoms with E-state index in [4.69, 9.17) is 9.47 Å². The number of methoxy groups -OCH3 is 1. The van der Waals surface area contributed by atoms with Crippen LogP contribution in [0.25, 0.3) is 0 Å². The SMILES string of the molecule is COCCOc1cc(C)c2c(c1C)C[C@H]([C@H](C)C(=O)Nc1ccccn1)CC2. The molecule has 3 rings (SSSR count). The topological polar surface area (TPSA) is 60.5 Å². The minimum Gasteiger partial charge on any atom is -0.491 e. The number of hydrogen-bond donors (Lipinski definition) is 1. The van der Waals surface area contributed by atoms with E-state index in [9.17, 15) is 4.79 Å². The smallest absolute Gasteiger partial charge is 0.228 e. The first-order chi connectivity index (χ1) is 13.5. The maximum atomic E-state index is 12.7. The molecule has 1 amide bonds. The van der Waals surface area contributed by atoms with Crippen molar-refractivity contribution in [3.05, 3.63) is 52.7 Å². The Bertz CT molecular complexity index is 820. The number of benzene rings is 1. The lowest BCUT2D eigenvalue weighted by molar-refractivity contribution is -0.121. The highest BCUT2D eigenvalue weighted by Crippen LogP contribution is 2.37. The second-order valence-corrected chi connectivity index (χ2v) is 7.61. The first-order valence-electron chi connectivity index (χ1n) is 9.96. The summed E-state index contributed by atoms with van der Waals surface area (Å²) >= 11 is 0. The number of ether oxygens (including phenoxy) is 2. The van der Waals surface area contributed by atoms with Gasteiger partial charge in [0.25, 0.3) is 0 Å². The van der Waals surface area contributed by atoms with Crippen LogP contribution in [0, 0.1) is 25.7 Å². The molecule has 0 fully saturated rings. The summed E-state index contributed by atoms with van der Waals surface area (Å²) in [6.45, 7) is 7.42. The van der Waals surface area contributed by atoms with Crippen LogP contribution in [-0.2, 0) is 22.4 Å². The Balaban J connectivity index is 1.74. The summed E-state index contributed by atoms with van der Waals surface area (Å²) in [6, 6.07) is 7.68. The van der Waals surface area contributed by atoms with Crippen molar-refractivity contribution in [3.63, 3.8) is 0 Å². The molecule has 2 atom stereocenters. The van der Waals surface area contributed by atoms with E-state index in [1.807, 2.05) is 25.1 Å². The van der Waals surface area contributed by atoms with Gasteiger partial charge in [-0.2, -0.15) is 0 Å². The van der Waals surface area contributed by atoms with Gasteiger partial charge in [-0.05, 0) is 79.5 Å². The van der Waals surface area contributed by atoms with Crippen molar-refractivity contribution in [1.82, 2.24) is 4.98 Å². The molecule has 0 bridgehead atoms. The molecule has 0 unspecified atom stereocenters. The molecule has 0 saturated heterocycles. The predicted octanol–water partition coefficient (Wildman–Crippen LogP) is 4.10. The maximum absolute atomic E-state index is 12.7. The van der Waals surface area contributed by atoms with E-state index in [0.29, 0.717) is 24.9 Å². The number of aromatic nitrogens is 1. The molecule has 28 heavy (non-hydrogen) atoms. The number of anilines is 1. The summed E-state index contributed by atoms with van der Waals surface area (Å²) in [5.74, 6) is 1.81. The van der Waals surface area contributed by atoms with Gasteiger partial charge in [-0.3, -0.25) is 4.79 Å². The number of nitrogens with one attached hydrogen (secondary N) is 1. The third-order valence-corrected chi connectivity index (χ3v) is 5.82. The van der Waals surface area contributed by atoms with Crippen LogP contribution < -0.4 is 10.1 Å². The summed E-state index contributed by atoms with van der Waals surface area (Å²) in [7, 11) is 1.68. The number of aryl methyl sites for hydroxylation is 1. The van der Waals surface area contributed by atoms with E-state index < -0.39 is 0 Å². The highest BCUT2D eigenvalue weighted by atomic mass is 16.5. The van der Waals surface area contributed by atoms with Gasteiger partial charge in [0.2, 0.25) is 5.91 Å². The van der Waals surface area contributed by atoms with Gasteiger partial charge in [-0.15, -0.1) is 0 Å². The van der Waals surface area contributed by atoms with Crippen LogP contribution in [0.1, 0.15) is 35.6 Å². The Morgan fingerprint density at radius 2 is 2.11 bits per heavy atom. The van der Waals surface area contributed by atoms with E-state index in [1.165, 1.54) is 22.3 Å². The van der Waals surface area contributed by atoms with E-state index in [2.05, 4.69) is 30.2 Å². The van der Waals surface area contributed by atoms with E-state index in [-0.39, 0.29) is 11.8 Å². The highest BCUT2D eigenvalue weighted by Gasteiger charge is 2.30. The number of nitrogens with zero attached hydrogens (tertiary/aromatic N) is 1. The Morgan fingerprint density at radius 3 is 2.82 bits per heavy atom. The third kappa shape index (κ3) is 4.53. The van der Waals surface area contributed by atoms with Crippen molar-refractivity contribution in [2.75, 3.05) is 25.6 Å². The van der Waals surface area contributed by atoms with E-state index >= 15 is 0 Å². The molecule has 0 radical (unpaired) electrons. The van der Waals surface area contributed by atoms with Gasteiger partial charge >= 0.3 is 0 Å². The van der Waals surface area contributed by atoms with Gasteiger partial charge in [-0.25, -0.2) is 4.98 Å². The van der Waals surface area contributed by atoms with Gasteiger partial charge in [0, 0.05) is 19.2 Å². The van der Waals surface area contributed by atoms with Gasteiger partial charge < -0.3 is 14.8 Å². The minimum absolute atomic E-state index is 0.0361. The van der Waals surface area contributed by atoms with Crippen LogP contribution in [0.15, 0.2) is 30.5 Å². The normalized spacial score (nSPS) is 16.9. The van der Waals surface area contributed by atoms with Gasteiger partial charge in [-0.1, -0.05) is 13.0 Å².